The van der Waals surface area contributed by atoms with Crippen LogP contribution < -0.4 is 4.74 Å². The molecule has 0 fully saturated rings. The Kier molecular flexibility index (Phi) is 4.81. The number of carbonyl (C=O) groups is 2. The van der Waals surface area contributed by atoms with Gasteiger partial charge in [-0.3, -0.25) is 4.79 Å². The first kappa shape index (κ1) is 16.1. The van der Waals surface area contributed by atoms with Crippen LogP contribution >= 0.6 is 0 Å². The van der Waals surface area contributed by atoms with Crippen LogP contribution in [0.5, 0.6) is 5.75 Å². The maximum Gasteiger partial charge on any atom is 0.379 e. The molecule has 0 aliphatic heterocycles. The van der Waals surface area contributed by atoms with Crippen LogP contribution in [0.25, 0.3) is 0 Å². The van der Waals surface area contributed by atoms with Crippen LogP contribution in [0.2, 0.25) is 0 Å². The maximum absolute atomic E-state index is 13.6. The van der Waals surface area contributed by atoms with Gasteiger partial charge < -0.3 is 9.47 Å². The van der Waals surface area contributed by atoms with E-state index in [1.54, 1.807) is 13.8 Å². The summed E-state index contributed by atoms with van der Waals surface area (Å²) >= 11 is 0. The zero-order valence-electron chi connectivity index (χ0n) is 11.8. The predicted molar refractivity (Wildman–Crippen MR) is 68.3 cm³/mol. The van der Waals surface area contributed by atoms with Crippen molar-refractivity contribution in [1.29, 1.82) is 0 Å². The fourth-order valence-corrected chi connectivity index (χ4v) is 1.79. The summed E-state index contributed by atoms with van der Waals surface area (Å²) in [6.07, 6.45) is 0. The predicted octanol–water partition coefficient (Wildman–Crippen LogP) is 2.86. The van der Waals surface area contributed by atoms with Gasteiger partial charge in [0.05, 0.1) is 24.8 Å². The molecule has 0 spiro atoms. The van der Waals surface area contributed by atoms with Gasteiger partial charge >= 0.3 is 5.97 Å². The van der Waals surface area contributed by atoms with E-state index in [4.69, 9.17) is 4.74 Å². The van der Waals surface area contributed by atoms with Crippen LogP contribution in [0.4, 0.5) is 8.78 Å². The van der Waals surface area contributed by atoms with E-state index in [2.05, 4.69) is 4.74 Å². The molecule has 20 heavy (non-hydrogen) atoms. The average molecular weight is 286 g/mol. The molecular weight excluding hydrogens is 270 g/mol. The smallest absolute Gasteiger partial charge is 0.379 e. The molecule has 110 valence electrons. The van der Waals surface area contributed by atoms with Crippen molar-refractivity contribution in [3.8, 4) is 5.75 Å². The van der Waals surface area contributed by atoms with E-state index in [9.17, 15) is 18.4 Å². The second kappa shape index (κ2) is 5.98. The first-order valence-corrected chi connectivity index (χ1v) is 6.00. The second-order valence-electron chi connectivity index (χ2n) is 4.33. The molecule has 0 radical (unpaired) electrons. The molecule has 0 aliphatic rings. The highest BCUT2D eigenvalue weighted by Crippen LogP contribution is 2.37. The molecule has 0 bridgehead atoms. The number of rotatable bonds is 5. The summed E-state index contributed by atoms with van der Waals surface area (Å²) < 4.78 is 36.6. The Labute approximate surface area is 115 Å². The number of alkyl halides is 2. The lowest BCUT2D eigenvalue weighted by Crippen LogP contribution is -2.20. The van der Waals surface area contributed by atoms with Crippen LogP contribution in [0.3, 0.4) is 0 Å². The molecule has 0 amide bonds. The number of carbonyl (C=O) groups excluding carboxylic acids is 2. The number of hydrogen-bond acceptors (Lipinski definition) is 4. The first-order valence-electron chi connectivity index (χ1n) is 6.00. The highest BCUT2D eigenvalue weighted by molar-refractivity contribution is 6.41. The fraction of sp³-hybridized carbons (Fsp3) is 0.429. The first-order chi connectivity index (χ1) is 9.22. The number of hydrogen-bond donors (Lipinski definition) is 0. The number of Topliss-reactive ketones (excluding diaryl/α,β-unsaturated/α-hetero) is 1. The molecule has 6 heteroatoms. The summed E-state index contributed by atoms with van der Waals surface area (Å²) in [5, 5.41) is 0. The molecule has 0 heterocycles. The van der Waals surface area contributed by atoms with E-state index in [0.29, 0.717) is 12.5 Å². The highest BCUT2D eigenvalue weighted by atomic mass is 19.3. The largest absolute Gasteiger partial charge is 0.495 e. The Morgan fingerprint density at radius 3 is 2.35 bits per heavy atom. The van der Waals surface area contributed by atoms with E-state index in [1.807, 2.05) is 0 Å². The van der Waals surface area contributed by atoms with Crippen molar-refractivity contribution in [3.63, 3.8) is 0 Å². The SMILES string of the molecule is CCOC(=O)C(=O)c1cc(C)cc(C(C)(F)F)c1OC. The lowest BCUT2D eigenvalue weighted by atomic mass is 9.98. The number of ether oxygens (including phenoxy) is 2. The van der Waals surface area contributed by atoms with Crippen molar-refractivity contribution in [3.05, 3.63) is 28.8 Å². The molecule has 1 aromatic carbocycles. The van der Waals surface area contributed by atoms with Crippen molar-refractivity contribution >= 4 is 11.8 Å². The Bertz CT molecular complexity index is 533. The zero-order chi connectivity index (χ0) is 15.5. The molecular formula is C14H16F2O4. The monoisotopic (exact) mass is 286 g/mol. The Morgan fingerprint density at radius 2 is 1.90 bits per heavy atom. The second-order valence-corrected chi connectivity index (χ2v) is 4.33. The van der Waals surface area contributed by atoms with Crippen molar-refractivity contribution in [2.75, 3.05) is 13.7 Å². The summed E-state index contributed by atoms with van der Waals surface area (Å²) in [6.45, 7) is 3.82. The Hall–Kier alpha value is -1.98. The normalized spacial score (nSPS) is 11.1. The van der Waals surface area contributed by atoms with Crippen molar-refractivity contribution in [1.82, 2.24) is 0 Å². The number of halogens is 2. The molecule has 0 saturated carbocycles. The molecule has 0 N–H and O–H groups in total. The van der Waals surface area contributed by atoms with Gasteiger partial charge in [-0.25, -0.2) is 13.6 Å². The van der Waals surface area contributed by atoms with Gasteiger partial charge in [0.2, 0.25) is 0 Å². The third-order valence-electron chi connectivity index (χ3n) is 2.62. The van der Waals surface area contributed by atoms with E-state index in [-0.39, 0.29) is 17.9 Å². The fourth-order valence-electron chi connectivity index (χ4n) is 1.79. The van der Waals surface area contributed by atoms with Gasteiger partial charge in [-0.05, 0) is 31.5 Å². The number of esters is 1. The molecule has 4 nitrogen and oxygen atoms in total. The minimum atomic E-state index is -3.19. The van der Waals surface area contributed by atoms with Crippen LogP contribution in [0.1, 0.15) is 35.3 Å². The molecule has 0 aromatic heterocycles. The third-order valence-corrected chi connectivity index (χ3v) is 2.62. The van der Waals surface area contributed by atoms with Crippen LogP contribution in [0.15, 0.2) is 12.1 Å². The van der Waals surface area contributed by atoms with E-state index < -0.39 is 23.2 Å². The number of aryl methyl sites for hydroxylation is 1. The van der Waals surface area contributed by atoms with Crippen molar-refractivity contribution in [2.45, 2.75) is 26.7 Å². The Morgan fingerprint density at radius 1 is 1.30 bits per heavy atom. The highest BCUT2D eigenvalue weighted by Gasteiger charge is 2.33. The summed E-state index contributed by atoms with van der Waals surface area (Å²) in [7, 11) is 1.17. The summed E-state index contributed by atoms with van der Waals surface area (Å²) in [5.41, 5.74) is -0.231. The summed E-state index contributed by atoms with van der Waals surface area (Å²) in [5.74, 6) is -5.60. The molecule has 0 aliphatic carbocycles. The van der Waals surface area contributed by atoms with Gasteiger partial charge in [-0.1, -0.05) is 0 Å². The van der Waals surface area contributed by atoms with Gasteiger partial charge in [-0.2, -0.15) is 0 Å². The van der Waals surface area contributed by atoms with E-state index >= 15 is 0 Å². The molecule has 1 rings (SSSR count). The van der Waals surface area contributed by atoms with Gasteiger partial charge in [-0.15, -0.1) is 0 Å². The van der Waals surface area contributed by atoms with Crippen molar-refractivity contribution in [2.24, 2.45) is 0 Å². The van der Waals surface area contributed by atoms with E-state index in [1.165, 1.54) is 19.2 Å². The summed E-state index contributed by atoms with van der Waals surface area (Å²) in [4.78, 5) is 23.4. The van der Waals surface area contributed by atoms with Gasteiger partial charge in [0.15, 0.2) is 0 Å². The number of ketones is 1. The lowest BCUT2D eigenvalue weighted by Gasteiger charge is -2.18. The zero-order valence-corrected chi connectivity index (χ0v) is 11.8. The maximum atomic E-state index is 13.6. The lowest BCUT2D eigenvalue weighted by molar-refractivity contribution is -0.137. The average Bonchev–Trinajstić information content (AvgIpc) is 2.36. The number of benzene rings is 1. The minimum absolute atomic E-state index is 0.0233. The quantitative estimate of drug-likeness (QED) is 0.474. The van der Waals surface area contributed by atoms with Crippen molar-refractivity contribution < 1.29 is 27.8 Å². The van der Waals surface area contributed by atoms with E-state index in [0.717, 1.165) is 0 Å². The molecule has 0 atom stereocenters. The van der Waals surface area contributed by atoms with Gasteiger partial charge in [0.25, 0.3) is 11.7 Å². The van der Waals surface area contributed by atoms with Gasteiger partial charge in [0, 0.05) is 6.92 Å². The molecule has 0 saturated heterocycles. The topological polar surface area (TPSA) is 52.6 Å². The van der Waals surface area contributed by atoms with Gasteiger partial charge in [0.1, 0.15) is 5.75 Å². The standard InChI is InChI=1S/C14H16F2O4/c1-5-20-13(18)11(17)9-6-8(2)7-10(12(9)19-4)14(3,15)16/h6-7H,5H2,1-4H3. The third kappa shape index (κ3) is 3.31. The minimum Gasteiger partial charge on any atom is -0.495 e. The van der Waals surface area contributed by atoms with Crippen LogP contribution in [-0.4, -0.2) is 25.5 Å². The Balaban J connectivity index is 3.43. The number of methoxy groups -OCH3 is 1. The van der Waals surface area contributed by atoms with Crippen LogP contribution in [-0.2, 0) is 15.5 Å². The van der Waals surface area contributed by atoms with Crippen LogP contribution in [0, 0.1) is 6.92 Å². The molecule has 1 aromatic rings. The molecule has 0 unspecified atom stereocenters. The summed E-state index contributed by atoms with van der Waals surface area (Å²) in [6, 6.07) is 2.55.